The molecule has 0 radical (unpaired) electrons. The van der Waals surface area contributed by atoms with E-state index in [0.717, 1.165) is 26.1 Å². The standard InChI is InChI=1S/C17H22N2O2/c1-2-6-17(21)18-16-12-19(10-9-15(16)13-20)11-14-7-4-3-5-8-14/h3-5,7-8,15-16,20H,9-13H2,1H3,(H,18,21)/t15-,16+/m0/s1. The number of piperidine rings is 1. The Hall–Kier alpha value is -1.83. The Morgan fingerprint density at radius 2 is 2.19 bits per heavy atom. The Kier molecular flexibility index (Phi) is 5.79. The van der Waals surface area contributed by atoms with Crippen LogP contribution < -0.4 is 5.32 Å². The van der Waals surface area contributed by atoms with Gasteiger partial charge in [0.25, 0.3) is 5.91 Å². The van der Waals surface area contributed by atoms with Crippen LogP contribution in [0.1, 0.15) is 18.9 Å². The highest BCUT2D eigenvalue weighted by Gasteiger charge is 2.29. The highest BCUT2D eigenvalue weighted by Crippen LogP contribution is 2.19. The zero-order valence-corrected chi connectivity index (χ0v) is 12.4. The Bertz CT molecular complexity index is 519. The van der Waals surface area contributed by atoms with Gasteiger partial charge in [-0.2, -0.15) is 0 Å². The van der Waals surface area contributed by atoms with E-state index in [-0.39, 0.29) is 24.5 Å². The molecule has 112 valence electrons. The first-order chi connectivity index (χ1) is 10.2. The van der Waals surface area contributed by atoms with Crippen LogP contribution in [0.25, 0.3) is 0 Å². The summed E-state index contributed by atoms with van der Waals surface area (Å²) in [6.07, 6.45) is 0.883. The summed E-state index contributed by atoms with van der Waals surface area (Å²) in [7, 11) is 0. The fourth-order valence-electron chi connectivity index (χ4n) is 2.75. The monoisotopic (exact) mass is 286 g/mol. The van der Waals surface area contributed by atoms with E-state index in [1.807, 2.05) is 18.2 Å². The molecule has 1 saturated heterocycles. The summed E-state index contributed by atoms with van der Waals surface area (Å²) in [6, 6.07) is 10.2. The van der Waals surface area contributed by atoms with E-state index in [9.17, 15) is 9.90 Å². The molecule has 0 aliphatic carbocycles. The molecule has 21 heavy (non-hydrogen) atoms. The SMILES string of the molecule is CC#CC(=O)N[C@@H]1CN(Cc2ccccc2)CC[C@H]1CO. The van der Waals surface area contributed by atoms with E-state index in [0.29, 0.717) is 0 Å². The largest absolute Gasteiger partial charge is 0.396 e. The number of aliphatic hydroxyl groups excluding tert-OH is 1. The van der Waals surface area contributed by atoms with Gasteiger partial charge in [-0.1, -0.05) is 36.3 Å². The minimum absolute atomic E-state index is 0.0409. The summed E-state index contributed by atoms with van der Waals surface area (Å²) in [5.41, 5.74) is 1.26. The van der Waals surface area contributed by atoms with Crippen LogP contribution in [-0.2, 0) is 11.3 Å². The molecule has 0 aromatic heterocycles. The first kappa shape index (κ1) is 15.6. The van der Waals surface area contributed by atoms with E-state index in [1.54, 1.807) is 6.92 Å². The molecule has 1 fully saturated rings. The maximum absolute atomic E-state index is 11.7. The highest BCUT2D eigenvalue weighted by atomic mass is 16.3. The molecule has 1 aliphatic rings. The molecule has 2 atom stereocenters. The lowest BCUT2D eigenvalue weighted by molar-refractivity contribution is -0.117. The van der Waals surface area contributed by atoms with Gasteiger partial charge in [-0.15, -0.1) is 0 Å². The lowest BCUT2D eigenvalue weighted by atomic mass is 9.92. The molecule has 0 spiro atoms. The van der Waals surface area contributed by atoms with Crippen molar-refractivity contribution in [2.75, 3.05) is 19.7 Å². The zero-order valence-electron chi connectivity index (χ0n) is 12.4. The van der Waals surface area contributed by atoms with Crippen LogP contribution in [0.5, 0.6) is 0 Å². The van der Waals surface area contributed by atoms with Crippen molar-refractivity contribution in [1.82, 2.24) is 10.2 Å². The van der Waals surface area contributed by atoms with Crippen LogP contribution >= 0.6 is 0 Å². The zero-order chi connectivity index (χ0) is 15.1. The van der Waals surface area contributed by atoms with Crippen molar-refractivity contribution in [2.24, 2.45) is 5.92 Å². The molecular weight excluding hydrogens is 264 g/mol. The number of amides is 1. The van der Waals surface area contributed by atoms with Crippen molar-refractivity contribution in [3.63, 3.8) is 0 Å². The number of hydrogen-bond acceptors (Lipinski definition) is 3. The smallest absolute Gasteiger partial charge is 0.296 e. The van der Waals surface area contributed by atoms with Gasteiger partial charge in [0.1, 0.15) is 0 Å². The van der Waals surface area contributed by atoms with Crippen LogP contribution in [0.3, 0.4) is 0 Å². The number of nitrogens with one attached hydrogen (secondary N) is 1. The molecule has 1 aromatic carbocycles. The Labute approximate surface area is 126 Å². The third kappa shape index (κ3) is 4.59. The first-order valence-electron chi connectivity index (χ1n) is 7.33. The Morgan fingerprint density at radius 3 is 2.86 bits per heavy atom. The van der Waals surface area contributed by atoms with Crippen LogP contribution in [0.15, 0.2) is 30.3 Å². The number of benzene rings is 1. The molecule has 4 nitrogen and oxygen atoms in total. The number of carbonyl (C=O) groups is 1. The summed E-state index contributed by atoms with van der Waals surface area (Å²) in [6.45, 7) is 4.30. The van der Waals surface area contributed by atoms with Gasteiger partial charge < -0.3 is 10.4 Å². The first-order valence-corrected chi connectivity index (χ1v) is 7.33. The van der Waals surface area contributed by atoms with Crippen molar-refractivity contribution in [3.05, 3.63) is 35.9 Å². The second kappa shape index (κ2) is 7.82. The average Bonchev–Trinajstić information content (AvgIpc) is 2.49. The van der Waals surface area contributed by atoms with Crippen LogP contribution in [0.2, 0.25) is 0 Å². The second-order valence-corrected chi connectivity index (χ2v) is 5.41. The number of aliphatic hydroxyl groups is 1. The Balaban J connectivity index is 1.97. The summed E-state index contributed by atoms with van der Waals surface area (Å²) < 4.78 is 0. The van der Waals surface area contributed by atoms with Gasteiger partial charge in [-0.3, -0.25) is 9.69 Å². The minimum Gasteiger partial charge on any atom is -0.396 e. The van der Waals surface area contributed by atoms with E-state index in [2.05, 4.69) is 34.2 Å². The normalized spacial score (nSPS) is 22.2. The fourth-order valence-corrected chi connectivity index (χ4v) is 2.75. The lowest BCUT2D eigenvalue weighted by Gasteiger charge is -2.38. The molecular formula is C17H22N2O2. The molecule has 1 amide bonds. The van der Waals surface area contributed by atoms with Crippen molar-refractivity contribution in [2.45, 2.75) is 25.9 Å². The van der Waals surface area contributed by atoms with Gasteiger partial charge in [0, 0.05) is 31.7 Å². The second-order valence-electron chi connectivity index (χ2n) is 5.41. The molecule has 0 unspecified atom stereocenters. The van der Waals surface area contributed by atoms with Crippen LogP contribution in [0.4, 0.5) is 0 Å². The lowest BCUT2D eigenvalue weighted by Crippen LogP contribution is -2.53. The van der Waals surface area contributed by atoms with Crippen molar-refractivity contribution in [3.8, 4) is 11.8 Å². The van der Waals surface area contributed by atoms with Gasteiger partial charge in [-0.25, -0.2) is 0 Å². The number of rotatable bonds is 4. The maximum Gasteiger partial charge on any atom is 0.296 e. The van der Waals surface area contributed by atoms with Crippen molar-refractivity contribution < 1.29 is 9.90 Å². The topological polar surface area (TPSA) is 52.6 Å². The number of nitrogens with zero attached hydrogens (tertiary/aromatic N) is 1. The van der Waals surface area contributed by atoms with Gasteiger partial charge in [-0.05, 0) is 31.4 Å². The molecule has 4 heteroatoms. The summed E-state index contributed by atoms with van der Waals surface area (Å²) in [5.74, 6) is 4.95. The molecule has 0 bridgehead atoms. The molecule has 0 saturated carbocycles. The number of carbonyl (C=O) groups excluding carboxylic acids is 1. The van der Waals surface area contributed by atoms with Crippen molar-refractivity contribution >= 4 is 5.91 Å². The van der Waals surface area contributed by atoms with Crippen LogP contribution in [-0.4, -0.2) is 41.7 Å². The molecule has 1 aliphatic heterocycles. The predicted octanol–water partition coefficient (Wildman–Crippen LogP) is 1.01. The van der Waals surface area contributed by atoms with Crippen molar-refractivity contribution in [1.29, 1.82) is 0 Å². The molecule has 1 aromatic rings. The quantitative estimate of drug-likeness (QED) is 0.812. The summed E-state index contributed by atoms with van der Waals surface area (Å²) in [4.78, 5) is 14.0. The third-order valence-corrected chi connectivity index (χ3v) is 3.88. The van der Waals surface area contributed by atoms with E-state index < -0.39 is 0 Å². The average molecular weight is 286 g/mol. The van der Waals surface area contributed by atoms with Gasteiger partial charge in [0.2, 0.25) is 0 Å². The molecule has 2 rings (SSSR count). The molecule has 1 heterocycles. The summed E-state index contributed by atoms with van der Waals surface area (Å²) in [5, 5.41) is 12.4. The van der Waals surface area contributed by atoms with Gasteiger partial charge >= 0.3 is 0 Å². The van der Waals surface area contributed by atoms with Gasteiger partial charge in [0.15, 0.2) is 0 Å². The van der Waals surface area contributed by atoms with E-state index >= 15 is 0 Å². The van der Waals surface area contributed by atoms with E-state index in [1.165, 1.54) is 5.56 Å². The maximum atomic E-state index is 11.7. The fraction of sp³-hybridized carbons (Fsp3) is 0.471. The van der Waals surface area contributed by atoms with E-state index in [4.69, 9.17) is 0 Å². The molecule has 2 N–H and O–H groups in total. The number of likely N-dealkylation sites (tertiary alicyclic amines) is 1. The van der Waals surface area contributed by atoms with Crippen LogP contribution in [0, 0.1) is 17.8 Å². The van der Waals surface area contributed by atoms with Gasteiger partial charge in [0.05, 0.1) is 0 Å². The summed E-state index contributed by atoms with van der Waals surface area (Å²) >= 11 is 0. The minimum atomic E-state index is -0.262. The predicted molar refractivity (Wildman–Crippen MR) is 82.3 cm³/mol. The highest BCUT2D eigenvalue weighted by molar-refractivity contribution is 5.93. The number of hydrogen-bond donors (Lipinski definition) is 2. The third-order valence-electron chi connectivity index (χ3n) is 3.88. The Morgan fingerprint density at radius 1 is 1.43 bits per heavy atom.